The second kappa shape index (κ2) is 8.00. The standard InChI is InChI=1S/C20H21N3O2S2/c24-27(25,20-8-4-14-26-20)23-12-10-22(11-13-23)16-18-5-1-2-7-19(18)17-6-3-9-21-15-17/h1-9,14-15H,10-13,16H2. The molecule has 0 spiro atoms. The summed E-state index contributed by atoms with van der Waals surface area (Å²) >= 11 is 1.28. The third-order valence-corrected chi connectivity index (χ3v) is 8.08. The molecule has 1 atom stereocenters. The zero-order valence-corrected chi connectivity index (χ0v) is 16.5. The van der Waals surface area contributed by atoms with E-state index in [2.05, 4.69) is 28.1 Å². The summed E-state index contributed by atoms with van der Waals surface area (Å²) in [6.45, 7) is 3.31. The van der Waals surface area contributed by atoms with Gasteiger partial charge >= 0.3 is 0 Å². The van der Waals surface area contributed by atoms with Crippen LogP contribution in [0, 0.1) is 0 Å². The van der Waals surface area contributed by atoms with E-state index in [0.717, 1.165) is 25.2 Å². The molecule has 1 unspecified atom stereocenters. The molecule has 0 bridgehead atoms. The highest BCUT2D eigenvalue weighted by atomic mass is 32.3. The van der Waals surface area contributed by atoms with Crippen LogP contribution >= 0.6 is 11.3 Å². The molecule has 1 aliphatic rings. The van der Waals surface area contributed by atoms with Crippen LogP contribution in [0.25, 0.3) is 11.1 Å². The molecule has 4 rings (SSSR count). The van der Waals surface area contributed by atoms with Crippen molar-refractivity contribution in [2.45, 2.75) is 10.8 Å². The molecule has 0 aliphatic carbocycles. The zero-order chi connectivity index (χ0) is 18.7. The summed E-state index contributed by atoms with van der Waals surface area (Å²) in [6, 6.07) is 15.8. The van der Waals surface area contributed by atoms with Crippen molar-refractivity contribution in [2.75, 3.05) is 26.2 Å². The van der Waals surface area contributed by atoms with Gasteiger partial charge in [0.2, 0.25) is 4.21 Å². The quantitative estimate of drug-likeness (QED) is 0.616. The summed E-state index contributed by atoms with van der Waals surface area (Å²) in [6.07, 6.45) is 3.66. The van der Waals surface area contributed by atoms with Gasteiger partial charge in [-0.05, 0) is 28.6 Å². The van der Waals surface area contributed by atoms with E-state index < -0.39 is 10.4 Å². The SMILES string of the molecule is O=[S+]([O-])(c1cccs1)N1CCN(Cc2ccccc2-c2cccnc2)CC1. The van der Waals surface area contributed by atoms with E-state index in [0.29, 0.717) is 17.3 Å². The largest absolute Gasteiger partial charge is 0.592 e. The molecule has 2 aromatic heterocycles. The number of pyridine rings is 1. The molecule has 5 nitrogen and oxygen atoms in total. The van der Waals surface area contributed by atoms with Crippen molar-refractivity contribution in [3.63, 3.8) is 0 Å². The Morgan fingerprint density at radius 2 is 1.85 bits per heavy atom. The van der Waals surface area contributed by atoms with E-state index in [1.807, 2.05) is 24.4 Å². The molecule has 7 heteroatoms. The first-order valence-corrected chi connectivity index (χ1v) is 11.2. The Morgan fingerprint density at radius 3 is 2.56 bits per heavy atom. The lowest BCUT2D eigenvalue weighted by Crippen LogP contribution is -2.50. The van der Waals surface area contributed by atoms with Gasteiger partial charge < -0.3 is 4.55 Å². The summed E-state index contributed by atoms with van der Waals surface area (Å²) in [5, 5.41) is 1.80. The fourth-order valence-corrected chi connectivity index (χ4v) is 5.94. The van der Waals surface area contributed by atoms with Gasteiger partial charge in [-0.15, -0.1) is 4.31 Å². The molecular formula is C20H21N3O2S2. The Bertz CT molecular complexity index is 923. The third-order valence-electron chi connectivity index (χ3n) is 4.80. The maximum atomic E-state index is 12.7. The lowest BCUT2D eigenvalue weighted by molar-refractivity contribution is 0.175. The summed E-state index contributed by atoms with van der Waals surface area (Å²) in [5.74, 6) is 0. The lowest BCUT2D eigenvalue weighted by atomic mass is 10.0. The molecule has 1 aromatic carbocycles. The van der Waals surface area contributed by atoms with Crippen LogP contribution < -0.4 is 0 Å². The number of aromatic nitrogens is 1. The normalized spacial score (nSPS) is 18.3. The second-order valence-corrected chi connectivity index (χ2v) is 9.62. The van der Waals surface area contributed by atoms with Gasteiger partial charge in [0.15, 0.2) is 10.4 Å². The monoisotopic (exact) mass is 399 g/mol. The number of hydrogen-bond acceptors (Lipinski definition) is 5. The van der Waals surface area contributed by atoms with Crippen LogP contribution in [0.5, 0.6) is 0 Å². The summed E-state index contributed by atoms with van der Waals surface area (Å²) < 4.78 is 27.4. The molecule has 1 saturated heterocycles. The van der Waals surface area contributed by atoms with Crippen LogP contribution in [0.15, 0.2) is 70.5 Å². The van der Waals surface area contributed by atoms with Gasteiger partial charge in [-0.3, -0.25) is 9.88 Å². The average molecular weight is 400 g/mol. The van der Waals surface area contributed by atoms with E-state index in [1.165, 1.54) is 22.5 Å². The number of hydrogen-bond donors (Lipinski definition) is 0. The Balaban J connectivity index is 1.44. The topological polar surface area (TPSA) is 59.5 Å². The highest BCUT2D eigenvalue weighted by Gasteiger charge is 2.34. The maximum absolute atomic E-state index is 12.7. The van der Waals surface area contributed by atoms with Gasteiger partial charge in [0, 0.05) is 43.7 Å². The molecule has 3 aromatic rings. The van der Waals surface area contributed by atoms with Crippen LogP contribution in [-0.2, 0) is 21.2 Å². The van der Waals surface area contributed by atoms with Crippen LogP contribution in [0.3, 0.4) is 0 Å². The van der Waals surface area contributed by atoms with E-state index in [9.17, 15) is 8.76 Å². The van der Waals surface area contributed by atoms with Gasteiger partial charge in [0.05, 0.1) is 13.1 Å². The first-order valence-electron chi connectivity index (χ1n) is 8.89. The molecular weight excluding hydrogens is 378 g/mol. The number of nitrogens with zero attached hydrogens (tertiary/aromatic N) is 3. The molecule has 0 N–H and O–H groups in total. The Kier molecular flexibility index (Phi) is 5.47. The number of piperazine rings is 1. The van der Waals surface area contributed by atoms with E-state index in [4.69, 9.17) is 0 Å². The number of thiophene rings is 1. The number of rotatable bonds is 5. The molecule has 3 heterocycles. The van der Waals surface area contributed by atoms with E-state index >= 15 is 0 Å². The van der Waals surface area contributed by atoms with Gasteiger partial charge in [0.1, 0.15) is 0 Å². The highest BCUT2D eigenvalue weighted by molar-refractivity contribution is 7.97. The van der Waals surface area contributed by atoms with Gasteiger partial charge in [0.25, 0.3) is 0 Å². The average Bonchev–Trinajstić information content (AvgIpc) is 3.25. The summed E-state index contributed by atoms with van der Waals surface area (Å²) in [4.78, 5) is 6.54. The summed E-state index contributed by atoms with van der Waals surface area (Å²) in [7, 11) is -3.35. The van der Waals surface area contributed by atoms with Gasteiger partial charge in [-0.2, -0.15) is 0 Å². The van der Waals surface area contributed by atoms with Gasteiger partial charge in [-0.25, -0.2) is 0 Å². The molecule has 0 radical (unpaired) electrons. The Labute approximate surface area is 164 Å². The van der Waals surface area contributed by atoms with Crippen molar-refractivity contribution < 1.29 is 8.76 Å². The molecule has 1 aliphatic heterocycles. The fourth-order valence-electron chi connectivity index (χ4n) is 3.37. The fraction of sp³-hybridized carbons (Fsp3) is 0.250. The van der Waals surface area contributed by atoms with Crippen LogP contribution in [0.2, 0.25) is 0 Å². The molecule has 27 heavy (non-hydrogen) atoms. The van der Waals surface area contributed by atoms with Crippen molar-refractivity contribution >= 4 is 21.7 Å². The molecule has 140 valence electrons. The Morgan fingerprint density at radius 1 is 1.04 bits per heavy atom. The highest BCUT2D eigenvalue weighted by Crippen LogP contribution is 2.28. The minimum absolute atomic E-state index is 0.429. The minimum Gasteiger partial charge on any atom is -0.592 e. The maximum Gasteiger partial charge on any atom is 0.229 e. The van der Waals surface area contributed by atoms with Gasteiger partial charge in [-0.1, -0.05) is 45.9 Å². The zero-order valence-electron chi connectivity index (χ0n) is 14.9. The van der Waals surface area contributed by atoms with Crippen molar-refractivity contribution in [3.05, 3.63) is 71.9 Å². The van der Waals surface area contributed by atoms with Crippen molar-refractivity contribution in [2.24, 2.45) is 0 Å². The van der Waals surface area contributed by atoms with E-state index in [-0.39, 0.29) is 0 Å². The number of sulfonamides is 1. The molecule has 1 fully saturated rings. The van der Waals surface area contributed by atoms with Crippen LogP contribution in [0.1, 0.15) is 5.56 Å². The number of benzene rings is 1. The van der Waals surface area contributed by atoms with Crippen LogP contribution in [0.4, 0.5) is 0 Å². The van der Waals surface area contributed by atoms with Crippen molar-refractivity contribution in [1.82, 2.24) is 14.2 Å². The molecule has 0 saturated carbocycles. The third kappa shape index (κ3) is 4.02. The summed E-state index contributed by atoms with van der Waals surface area (Å²) in [5.41, 5.74) is 3.52. The van der Waals surface area contributed by atoms with Crippen molar-refractivity contribution in [1.29, 1.82) is 0 Å². The second-order valence-electron chi connectivity index (χ2n) is 6.51. The van der Waals surface area contributed by atoms with E-state index in [1.54, 1.807) is 28.0 Å². The Hall–Kier alpha value is -1.90. The van der Waals surface area contributed by atoms with Crippen LogP contribution in [-0.4, -0.2) is 44.9 Å². The predicted molar refractivity (Wildman–Crippen MR) is 108 cm³/mol. The van der Waals surface area contributed by atoms with Crippen molar-refractivity contribution in [3.8, 4) is 11.1 Å². The molecule has 0 amide bonds. The predicted octanol–water partition coefficient (Wildman–Crippen LogP) is 3.53. The first kappa shape index (κ1) is 18.5. The lowest BCUT2D eigenvalue weighted by Gasteiger charge is -2.35. The minimum atomic E-state index is -3.35. The smallest absolute Gasteiger partial charge is 0.229 e. The first-order chi connectivity index (χ1) is 13.1.